The van der Waals surface area contributed by atoms with E-state index in [0.717, 1.165) is 0 Å². The van der Waals surface area contributed by atoms with E-state index >= 15 is 0 Å². The van der Waals surface area contributed by atoms with Gasteiger partial charge in [-0.1, -0.05) is 13.8 Å². The molecular formula is C11H18F3N3O4. The Labute approximate surface area is 119 Å². The zero-order valence-electron chi connectivity index (χ0n) is 11.8. The van der Waals surface area contributed by atoms with Crippen molar-refractivity contribution in [3.8, 4) is 0 Å². The van der Waals surface area contributed by atoms with Gasteiger partial charge < -0.3 is 21.1 Å². The number of hydrogen-bond acceptors (Lipinski definition) is 3. The lowest BCUT2D eigenvalue weighted by molar-refractivity contribution is -0.203. The van der Waals surface area contributed by atoms with E-state index in [1.165, 1.54) is 5.32 Å². The number of hydrogen-bond donors (Lipinski definition) is 4. The number of carboxylic acid groups (broad SMARTS) is 1. The minimum atomic E-state index is -5.18. The predicted molar refractivity (Wildman–Crippen MR) is 66.5 cm³/mol. The van der Waals surface area contributed by atoms with Crippen LogP contribution in [0.5, 0.6) is 0 Å². The number of alkyl halides is 3. The average Bonchev–Trinajstić information content (AvgIpc) is 2.31. The Morgan fingerprint density at radius 3 is 2.05 bits per heavy atom. The Bertz CT molecular complexity index is 412. The maximum Gasteiger partial charge on any atom is 0.422 e. The molecule has 7 nitrogen and oxygen atoms in total. The Hall–Kier alpha value is -2.00. The molecule has 0 aliphatic rings. The molecule has 0 saturated heterocycles. The Morgan fingerprint density at radius 1 is 1.14 bits per heavy atom. The first-order valence-corrected chi connectivity index (χ1v) is 6.03. The minimum Gasteiger partial charge on any atom is -0.479 e. The van der Waals surface area contributed by atoms with Crippen LogP contribution in [0.25, 0.3) is 0 Å². The molecule has 1 atom stereocenters. The first kappa shape index (κ1) is 19.0. The summed E-state index contributed by atoms with van der Waals surface area (Å²) >= 11 is 0. The number of rotatable bonds is 6. The van der Waals surface area contributed by atoms with E-state index in [4.69, 9.17) is 5.11 Å². The molecule has 0 aromatic carbocycles. The Morgan fingerprint density at radius 2 is 1.67 bits per heavy atom. The number of carbonyl (C=O) groups is 3. The summed E-state index contributed by atoms with van der Waals surface area (Å²) in [4.78, 5) is 33.2. The van der Waals surface area contributed by atoms with Gasteiger partial charge in [0.2, 0.25) is 11.4 Å². The second-order valence-corrected chi connectivity index (χ2v) is 4.93. The molecule has 4 N–H and O–H groups in total. The molecular weight excluding hydrogens is 295 g/mol. The molecule has 0 aromatic heterocycles. The van der Waals surface area contributed by atoms with E-state index in [9.17, 15) is 27.6 Å². The van der Waals surface area contributed by atoms with E-state index in [1.807, 2.05) is 19.2 Å². The summed E-state index contributed by atoms with van der Waals surface area (Å²) in [7, 11) is 0. The molecule has 0 aliphatic carbocycles. The molecule has 0 saturated carbocycles. The van der Waals surface area contributed by atoms with Crippen LogP contribution in [0, 0.1) is 5.92 Å². The van der Waals surface area contributed by atoms with Gasteiger partial charge in [-0.3, -0.25) is 4.79 Å². The van der Waals surface area contributed by atoms with E-state index < -0.39 is 36.2 Å². The molecule has 0 bridgehead atoms. The highest BCUT2D eigenvalue weighted by atomic mass is 19.4. The van der Waals surface area contributed by atoms with Crippen LogP contribution >= 0.6 is 0 Å². The molecule has 0 aliphatic heterocycles. The molecule has 3 amide bonds. The van der Waals surface area contributed by atoms with Crippen LogP contribution in [0.15, 0.2) is 0 Å². The number of urea groups is 1. The molecule has 10 heteroatoms. The van der Waals surface area contributed by atoms with Crippen molar-refractivity contribution in [2.75, 3.05) is 13.1 Å². The third-order valence-electron chi connectivity index (χ3n) is 2.48. The van der Waals surface area contributed by atoms with Crippen molar-refractivity contribution >= 4 is 17.9 Å². The smallest absolute Gasteiger partial charge is 0.422 e. The summed E-state index contributed by atoms with van der Waals surface area (Å²) in [6.07, 6.45) is -5.18. The van der Waals surface area contributed by atoms with Crippen LogP contribution in [0.1, 0.15) is 20.8 Å². The molecule has 0 rings (SSSR count). The fourth-order valence-electron chi connectivity index (χ4n) is 1.06. The maximum absolute atomic E-state index is 12.6. The quantitative estimate of drug-likeness (QED) is 0.571. The fourth-order valence-corrected chi connectivity index (χ4v) is 1.06. The van der Waals surface area contributed by atoms with Gasteiger partial charge in [0.1, 0.15) is 0 Å². The molecule has 21 heavy (non-hydrogen) atoms. The Kier molecular flexibility index (Phi) is 6.46. The van der Waals surface area contributed by atoms with Gasteiger partial charge in [-0.15, -0.1) is 0 Å². The third-order valence-corrected chi connectivity index (χ3v) is 2.48. The largest absolute Gasteiger partial charge is 0.479 e. The molecule has 0 radical (unpaired) electrons. The number of nitrogens with one attached hydrogen (secondary N) is 3. The van der Waals surface area contributed by atoms with E-state index in [-0.39, 0.29) is 5.92 Å². The van der Waals surface area contributed by atoms with Gasteiger partial charge in [0.15, 0.2) is 0 Å². The van der Waals surface area contributed by atoms with Crippen molar-refractivity contribution in [1.82, 2.24) is 16.0 Å². The third kappa shape index (κ3) is 5.88. The first-order valence-electron chi connectivity index (χ1n) is 6.03. The van der Waals surface area contributed by atoms with Crippen LogP contribution in [0.2, 0.25) is 0 Å². The van der Waals surface area contributed by atoms with Crippen molar-refractivity contribution in [3.63, 3.8) is 0 Å². The van der Waals surface area contributed by atoms with Crippen LogP contribution in [-0.4, -0.2) is 47.8 Å². The van der Waals surface area contributed by atoms with Crippen LogP contribution in [-0.2, 0) is 9.59 Å². The lowest BCUT2D eigenvalue weighted by Crippen LogP contribution is -2.64. The lowest BCUT2D eigenvalue weighted by atomic mass is 10.0. The van der Waals surface area contributed by atoms with Gasteiger partial charge in [0, 0.05) is 6.54 Å². The zero-order valence-corrected chi connectivity index (χ0v) is 11.8. The van der Waals surface area contributed by atoms with Crippen molar-refractivity contribution in [2.24, 2.45) is 5.92 Å². The zero-order chi connectivity index (χ0) is 16.8. The van der Waals surface area contributed by atoms with Gasteiger partial charge in [-0.2, -0.15) is 13.2 Å². The molecule has 0 heterocycles. The maximum atomic E-state index is 12.6. The van der Waals surface area contributed by atoms with Gasteiger partial charge in [0.05, 0.1) is 6.54 Å². The molecule has 0 fully saturated rings. The topological polar surface area (TPSA) is 108 Å². The van der Waals surface area contributed by atoms with Gasteiger partial charge >= 0.3 is 18.2 Å². The molecule has 122 valence electrons. The summed E-state index contributed by atoms with van der Waals surface area (Å²) in [5.41, 5.74) is -3.44. The summed E-state index contributed by atoms with van der Waals surface area (Å²) in [6, 6.07) is -1.41. The Balaban J connectivity index is 4.48. The van der Waals surface area contributed by atoms with Crippen LogP contribution < -0.4 is 16.0 Å². The monoisotopic (exact) mass is 313 g/mol. The molecule has 0 spiro atoms. The highest BCUT2D eigenvalue weighted by molar-refractivity contribution is 5.89. The van der Waals surface area contributed by atoms with E-state index in [2.05, 4.69) is 5.32 Å². The lowest BCUT2D eigenvalue weighted by Gasteiger charge is -2.28. The first-order chi connectivity index (χ1) is 9.40. The summed E-state index contributed by atoms with van der Waals surface area (Å²) in [5, 5.41) is 14.2. The highest BCUT2D eigenvalue weighted by Crippen LogP contribution is 2.30. The van der Waals surface area contributed by atoms with E-state index in [1.54, 1.807) is 0 Å². The summed E-state index contributed by atoms with van der Waals surface area (Å²) in [5.74, 6) is -2.68. The van der Waals surface area contributed by atoms with Gasteiger partial charge in [0.25, 0.3) is 0 Å². The summed E-state index contributed by atoms with van der Waals surface area (Å²) in [6.45, 7) is 3.77. The van der Waals surface area contributed by atoms with Crippen molar-refractivity contribution in [2.45, 2.75) is 32.5 Å². The second-order valence-electron chi connectivity index (χ2n) is 4.93. The fraction of sp³-hybridized carbons (Fsp3) is 0.727. The van der Waals surface area contributed by atoms with Gasteiger partial charge in [-0.25, -0.2) is 9.59 Å². The normalized spacial score (nSPS) is 14.2. The second kappa shape index (κ2) is 7.14. The minimum absolute atomic E-state index is 0.170. The summed E-state index contributed by atoms with van der Waals surface area (Å²) < 4.78 is 37.9. The van der Waals surface area contributed by atoms with Crippen LogP contribution in [0.4, 0.5) is 18.0 Å². The number of halogens is 3. The predicted octanol–water partition coefficient (Wildman–Crippen LogP) is 0.463. The SMILES string of the molecule is CC(C)CNC(=O)CNC(=O)NC(C)(C(=O)O)C(F)(F)F. The van der Waals surface area contributed by atoms with Gasteiger partial charge in [-0.05, 0) is 12.8 Å². The van der Waals surface area contributed by atoms with Crippen molar-refractivity contribution < 1.29 is 32.7 Å². The average molecular weight is 313 g/mol. The highest BCUT2D eigenvalue weighted by Gasteiger charge is 2.58. The van der Waals surface area contributed by atoms with Crippen molar-refractivity contribution in [1.29, 1.82) is 0 Å². The van der Waals surface area contributed by atoms with Crippen molar-refractivity contribution in [3.05, 3.63) is 0 Å². The molecule has 1 unspecified atom stereocenters. The number of aliphatic carboxylic acids is 1. The standard InChI is InChI=1S/C11H18F3N3O4/c1-6(2)4-15-7(18)5-16-9(21)17-10(3,8(19)20)11(12,13)14/h6H,4-5H2,1-3H3,(H,15,18)(H,19,20)(H2,16,17,21). The van der Waals surface area contributed by atoms with E-state index in [0.29, 0.717) is 13.5 Å². The number of carboxylic acids is 1. The number of carbonyl (C=O) groups excluding carboxylic acids is 2. The molecule has 0 aromatic rings. The number of amides is 3. The van der Waals surface area contributed by atoms with Crippen LogP contribution in [0.3, 0.4) is 0 Å².